The molecule has 0 saturated carbocycles. The van der Waals surface area contributed by atoms with Crippen molar-refractivity contribution in [3.05, 3.63) is 101 Å². The van der Waals surface area contributed by atoms with Gasteiger partial charge in [-0.1, -0.05) is 60.7 Å². The number of rotatable bonds is 8. The molecular weight excluding hydrogens is 478 g/mol. The lowest BCUT2D eigenvalue weighted by molar-refractivity contribution is -0.131. The summed E-state index contributed by atoms with van der Waals surface area (Å²) in [6, 6.07) is 21.8. The smallest absolute Gasteiger partial charge is 0.273 e. The monoisotopic (exact) mass is 511 g/mol. The molecule has 3 aromatic carbocycles. The van der Waals surface area contributed by atoms with Crippen LogP contribution in [0.25, 0.3) is 0 Å². The number of hydrogen-bond donors (Lipinski definition) is 2. The van der Waals surface area contributed by atoms with Gasteiger partial charge in [0, 0.05) is 24.3 Å². The highest BCUT2D eigenvalue weighted by atomic mass is 16.5. The number of carbonyl (C=O) groups excluding carboxylic acids is 1. The first-order valence-electron chi connectivity index (χ1n) is 12.8. The Hall–Kier alpha value is -4.10. The van der Waals surface area contributed by atoms with E-state index in [1.165, 1.54) is 12.7 Å². The molecule has 0 radical (unpaired) electrons. The Kier molecular flexibility index (Phi) is 7.47. The molecule has 0 saturated heterocycles. The van der Waals surface area contributed by atoms with E-state index in [-0.39, 0.29) is 17.9 Å². The van der Waals surface area contributed by atoms with Gasteiger partial charge in [-0.3, -0.25) is 4.79 Å². The number of allylic oxidation sites excluding steroid dienone is 2. The molecule has 3 aromatic rings. The Morgan fingerprint density at radius 1 is 1.00 bits per heavy atom. The zero-order valence-corrected chi connectivity index (χ0v) is 22.1. The highest BCUT2D eigenvalue weighted by molar-refractivity contribution is 6.00. The van der Waals surface area contributed by atoms with Crippen molar-refractivity contribution in [1.82, 2.24) is 5.43 Å². The van der Waals surface area contributed by atoms with E-state index in [4.69, 9.17) is 14.2 Å². The van der Waals surface area contributed by atoms with Crippen molar-refractivity contribution in [2.24, 2.45) is 11.0 Å². The van der Waals surface area contributed by atoms with Crippen LogP contribution in [-0.2, 0) is 9.53 Å². The fraction of sp³-hybridized carbons (Fsp3) is 0.290. The number of anilines is 1. The Balaban J connectivity index is 1.39. The number of nitrogens with zero attached hydrogens (tertiary/aromatic N) is 1. The average molecular weight is 512 g/mol. The van der Waals surface area contributed by atoms with Gasteiger partial charge in [0.25, 0.3) is 5.91 Å². The number of amides is 1. The molecular formula is C31H33N3O4. The van der Waals surface area contributed by atoms with Crippen LogP contribution >= 0.6 is 0 Å². The van der Waals surface area contributed by atoms with Gasteiger partial charge in [-0.05, 0) is 54.2 Å². The Labute approximate surface area is 223 Å². The topological polar surface area (TPSA) is 81.2 Å². The Morgan fingerprint density at radius 3 is 2.55 bits per heavy atom. The number of benzene rings is 3. The van der Waals surface area contributed by atoms with Crippen molar-refractivity contribution >= 4 is 17.3 Å². The van der Waals surface area contributed by atoms with Crippen LogP contribution in [0.1, 0.15) is 53.7 Å². The van der Waals surface area contributed by atoms with E-state index in [1.807, 2.05) is 55.5 Å². The largest absolute Gasteiger partial charge is 0.493 e. The van der Waals surface area contributed by atoms with Gasteiger partial charge in [0.1, 0.15) is 0 Å². The van der Waals surface area contributed by atoms with Crippen molar-refractivity contribution < 1.29 is 19.0 Å². The predicted octanol–water partition coefficient (Wildman–Crippen LogP) is 5.76. The van der Waals surface area contributed by atoms with E-state index in [1.54, 1.807) is 14.2 Å². The molecule has 2 aliphatic rings. The van der Waals surface area contributed by atoms with Crippen LogP contribution in [0.4, 0.5) is 5.69 Å². The molecule has 196 valence electrons. The summed E-state index contributed by atoms with van der Waals surface area (Å²) < 4.78 is 16.7. The molecule has 0 fully saturated rings. The third-order valence-corrected chi connectivity index (χ3v) is 7.46. The standard InChI is InChI=1S/C31H33N3O4/c1-19(33-34-31(35)29(37-3)20-10-6-5-7-11-20)21-16-17-26-25(18-21)22-12-8-13-23(22)28(32-26)24-14-9-15-27(36-2)30(24)38-4/h5-12,14-18,22-23,28-29,32H,13H2,1-4H3,(H,34,35)/b33-19-/t22-,23+,28-,29+/m1/s1. The van der Waals surface area contributed by atoms with E-state index in [0.717, 1.165) is 46.0 Å². The SMILES string of the molecule is COc1cccc([C@@H]2Nc3ccc(/C(C)=N\NC(=O)[C@@H](OC)c4ccccc4)cc3[C@@H]3C=CC[C@@H]32)c1OC. The van der Waals surface area contributed by atoms with Crippen LogP contribution in [0.5, 0.6) is 11.5 Å². The number of hydrogen-bond acceptors (Lipinski definition) is 6. The van der Waals surface area contributed by atoms with Gasteiger partial charge in [-0.15, -0.1) is 0 Å². The molecule has 1 aliphatic carbocycles. The summed E-state index contributed by atoms with van der Waals surface area (Å²) in [4.78, 5) is 12.8. The molecule has 0 unspecified atom stereocenters. The minimum Gasteiger partial charge on any atom is -0.493 e. The van der Waals surface area contributed by atoms with Gasteiger partial charge < -0.3 is 19.5 Å². The quantitative estimate of drug-likeness (QED) is 0.228. The molecule has 0 bridgehead atoms. The minimum atomic E-state index is -0.726. The highest BCUT2D eigenvalue weighted by Gasteiger charge is 2.39. The molecule has 7 nitrogen and oxygen atoms in total. The van der Waals surface area contributed by atoms with Crippen molar-refractivity contribution in [1.29, 1.82) is 0 Å². The molecule has 1 aliphatic heterocycles. The number of ether oxygens (including phenoxy) is 3. The number of para-hydroxylation sites is 1. The Bertz CT molecular complexity index is 1370. The summed E-state index contributed by atoms with van der Waals surface area (Å²) in [7, 11) is 4.87. The molecule has 7 heteroatoms. The summed E-state index contributed by atoms with van der Waals surface area (Å²) in [5, 5.41) is 8.16. The third-order valence-electron chi connectivity index (χ3n) is 7.46. The van der Waals surface area contributed by atoms with Crippen LogP contribution < -0.4 is 20.2 Å². The summed E-state index contributed by atoms with van der Waals surface area (Å²) in [6.45, 7) is 1.90. The Morgan fingerprint density at radius 2 is 1.82 bits per heavy atom. The van der Waals surface area contributed by atoms with Crippen LogP contribution in [0.3, 0.4) is 0 Å². The van der Waals surface area contributed by atoms with E-state index >= 15 is 0 Å². The van der Waals surface area contributed by atoms with Crippen LogP contribution in [0.2, 0.25) is 0 Å². The van der Waals surface area contributed by atoms with Crippen LogP contribution in [-0.4, -0.2) is 32.9 Å². The molecule has 1 amide bonds. The van der Waals surface area contributed by atoms with Gasteiger partial charge in [-0.2, -0.15) is 5.10 Å². The van der Waals surface area contributed by atoms with E-state index in [0.29, 0.717) is 5.92 Å². The lowest BCUT2D eigenvalue weighted by Gasteiger charge is -2.38. The molecule has 1 heterocycles. The maximum atomic E-state index is 12.8. The van der Waals surface area contributed by atoms with Gasteiger partial charge in [0.15, 0.2) is 17.6 Å². The zero-order valence-electron chi connectivity index (χ0n) is 22.1. The number of fused-ring (bicyclic) bond motifs is 3. The molecule has 0 spiro atoms. The predicted molar refractivity (Wildman–Crippen MR) is 149 cm³/mol. The van der Waals surface area contributed by atoms with Gasteiger partial charge in [-0.25, -0.2) is 5.43 Å². The van der Waals surface area contributed by atoms with E-state index in [9.17, 15) is 4.79 Å². The lowest BCUT2D eigenvalue weighted by atomic mass is 9.76. The zero-order chi connectivity index (χ0) is 26.6. The highest BCUT2D eigenvalue weighted by Crippen LogP contribution is 2.52. The van der Waals surface area contributed by atoms with E-state index < -0.39 is 6.10 Å². The maximum Gasteiger partial charge on any atom is 0.273 e. The first-order valence-corrected chi connectivity index (χ1v) is 12.8. The molecule has 38 heavy (non-hydrogen) atoms. The normalized spacial score (nSPS) is 20.6. The van der Waals surface area contributed by atoms with E-state index in [2.05, 4.69) is 46.2 Å². The second kappa shape index (κ2) is 11.1. The van der Waals surface area contributed by atoms with Gasteiger partial charge in [0.05, 0.1) is 26.0 Å². The summed E-state index contributed by atoms with van der Waals surface area (Å²) >= 11 is 0. The average Bonchev–Trinajstić information content (AvgIpc) is 3.46. The maximum absolute atomic E-state index is 12.8. The van der Waals surface area contributed by atoms with Crippen molar-refractivity contribution in [3.63, 3.8) is 0 Å². The molecule has 4 atom stereocenters. The van der Waals surface area contributed by atoms with Gasteiger partial charge >= 0.3 is 0 Å². The second-order valence-corrected chi connectivity index (χ2v) is 9.56. The summed E-state index contributed by atoms with van der Waals surface area (Å²) in [5.41, 5.74) is 8.52. The fourth-order valence-electron chi connectivity index (χ4n) is 5.57. The number of nitrogens with one attached hydrogen (secondary N) is 2. The van der Waals surface area contributed by atoms with Crippen LogP contribution in [0.15, 0.2) is 84.0 Å². The summed E-state index contributed by atoms with van der Waals surface area (Å²) in [5.74, 6) is 1.77. The van der Waals surface area contributed by atoms with Crippen molar-refractivity contribution in [2.45, 2.75) is 31.4 Å². The summed E-state index contributed by atoms with van der Waals surface area (Å²) in [6.07, 6.45) is 4.79. The number of hydrazone groups is 1. The number of carbonyl (C=O) groups is 1. The van der Waals surface area contributed by atoms with Gasteiger partial charge in [0.2, 0.25) is 0 Å². The third kappa shape index (κ3) is 4.77. The van der Waals surface area contributed by atoms with Crippen molar-refractivity contribution in [3.8, 4) is 11.5 Å². The number of methoxy groups -OCH3 is 3. The molecule has 2 N–H and O–H groups in total. The fourth-order valence-corrected chi connectivity index (χ4v) is 5.57. The molecule has 0 aromatic heterocycles. The lowest BCUT2D eigenvalue weighted by Crippen LogP contribution is -2.30. The minimum absolute atomic E-state index is 0.0800. The van der Waals surface area contributed by atoms with Crippen molar-refractivity contribution in [2.75, 3.05) is 26.6 Å². The molecule has 5 rings (SSSR count). The van der Waals surface area contributed by atoms with Crippen LogP contribution in [0, 0.1) is 5.92 Å². The second-order valence-electron chi connectivity index (χ2n) is 9.56. The first-order chi connectivity index (χ1) is 18.5. The first kappa shape index (κ1) is 25.5.